The number of hydrogen-bond donors (Lipinski definition) is 2. The number of hydrogen-bond acceptors (Lipinski definition) is 2. The monoisotopic (exact) mass is 427 g/mol. The maximum absolute atomic E-state index is 13.7. The van der Waals surface area contributed by atoms with Gasteiger partial charge in [-0.2, -0.15) is 0 Å². The number of amides is 1. The van der Waals surface area contributed by atoms with Crippen LogP contribution < -0.4 is 14.5 Å². The molecule has 0 bridgehead atoms. The van der Waals surface area contributed by atoms with E-state index in [9.17, 15) is 9.18 Å². The molecule has 2 aromatic rings. The lowest BCUT2D eigenvalue weighted by atomic mass is 9.87. The Morgan fingerprint density at radius 2 is 1.87 bits per heavy atom. The van der Waals surface area contributed by atoms with E-state index in [2.05, 4.69) is 24.3 Å². The van der Waals surface area contributed by atoms with Gasteiger partial charge in [-0.15, -0.1) is 0 Å². The number of halogens is 1. The van der Waals surface area contributed by atoms with Crippen LogP contribution in [0.15, 0.2) is 42.5 Å². The third-order valence-electron chi connectivity index (χ3n) is 6.95. The number of quaternary nitrogens is 2. The van der Waals surface area contributed by atoms with Crippen LogP contribution in [0.3, 0.4) is 0 Å². The smallest absolute Gasteiger partial charge is 0.278 e. The summed E-state index contributed by atoms with van der Waals surface area (Å²) in [7, 11) is 3.59. The summed E-state index contributed by atoms with van der Waals surface area (Å²) in [5.41, 5.74) is 3.61. The number of rotatable bonds is 6. The van der Waals surface area contributed by atoms with Crippen molar-refractivity contribution < 1.29 is 23.7 Å². The Bertz CT molecular complexity index is 911. The summed E-state index contributed by atoms with van der Waals surface area (Å²) < 4.78 is 19.0. The van der Waals surface area contributed by atoms with E-state index in [0.717, 1.165) is 63.3 Å². The lowest BCUT2D eigenvalue weighted by molar-refractivity contribution is -1.02. The van der Waals surface area contributed by atoms with E-state index in [-0.39, 0.29) is 17.8 Å². The standard InChI is InChI=1S/C25H32FN3O2/c1-27(23-9-5-7-19-6-3-4-8-22(19)23)25(30)18-29-14-12-28(13-15-29)17-20-16-21(26)10-11-24(20)31-2/h3-4,6,8,10-11,16,23H,5,7,9,12-15,17-18H2,1-2H3/p+2/t23-/m0/s1. The average Bonchev–Trinajstić information content (AvgIpc) is 2.79. The van der Waals surface area contributed by atoms with Gasteiger partial charge in [0, 0.05) is 7.05 Å². The molecule has 1 aliphatic heterocycles. The van der Waals surface area contributed by atoms with Crippen LogP contribution in [0.2, 0.25) is 0 Å². The van der Waals surface area contributed by atoms with Crippen LogP contribution in [-0.2, 0) is 17.8 Å². The predicted molar refractivity (Wildman–Crippen MR) is 118 cm³/mol. The Morgan fingerprint density at radius 3 is 2.65 bits per heavy atom. The molecule has 0 aromatic heterocycles. The van der Waals surface area contributed by atoms with Gasteiger partial charge < -0.3 is 19.4 Å². The molecule has 0 unspecified atom stereocenters. The normalized spacial score (nSPS) is 23.1. The highest BCUT2D eigenvalue weighted by Gasteiger charge is 2.31. The first kappa shape index (κ1) is 21.8. The minimum atomic E-state index is -0.225. The molecule has 1 aliphatic carbocycles. The minimum absolute atomic E-state index is 0.198. The molecular formula is C25H34FN3O2+2. The maximum Gasteiger partial charge on any atom is 0.278 e. The quantitative estimate of drug-likeness (QED) is 0.711. The lowest BCUT2D eigenvalue weighted by Crippen LogP contribution is -3.28. The van der Waals surface area contributed by atoms with Crippen LogP contribution in [0.5, 0.6) is 5.75 Å². The van der Waals surface area contributed by atoms with Crippen molar-refractivity contribution in [1.82, 2.24) is 4.90 Å². The highest BCUT2D eigenvalue weighted by Crippen LogP contribution is 2.33. The molecule has 1 saturated heterocycles. The molecule has 4 rings (SSSR count). The molecule has 1 fully saturated rings. The molecule has 1 heterocycles. The zero-order chi connectivity index (χ0) is 21.8. The fourth-order valence-electron chi connectivity index (χ4n) is 5.11. The summed E-state index contributed by atoms with van der Waals surface area (Å²) >= 11 is 0. The summed E-state index contributed by atoms with van der Waals surface area (Å²) in [5.74, 6) is 0.748. The number of methoxy groups -OCH3 is 1. The second-order valence-electron chi connectivity index (χ2n) is 8.92. The second kappa shape index (κ2) is 9.79. The minimum Gasteiger partial charge on any atom is -0.496 e. The zero-order valence-corrected chi connectivity index (χ0v) is 18.6. The number of carbonyl (C=O) groups excluding carboxylic acids is 1. The third kappa shape index (κ3) is 5.08. The summed E-state index contributed by atoms with van der Waals surface area (Å²) in [6.07, 6.45) is 3.29. The predicted octanol–water partition coefficient (Wildman–Crippen LogP) is 0.654. The molecule has 1 amide bonds. The van der Waals surface area contributed by atoms with Crippen LogP contribution in [-0.4, -0.2) is 57.7 Å². The Balaban J connectivity index is 1.30. The number of carbonyl (C=O) groups is 1. The molecule has 2 N–H and O–H groups in total. The van der Waals surface area contributed by atoms with Crippen LogP contribution in [0.1, 0.15) is 35.6 Å². The van der Waals surface area contributed by atoms with Gasteiger partial charge >= 0.3 is 0 Å². The van der Waals surface area contributed by atoms with Crippen molar-refractivity contribution in [3.63, 3.8) is 0 Å². The summed E-state index contributed by atoms with van der Waals surface area (Å²) in [4.78, 5) is 17.8. The van der Waals surface area contributed by atoms with Gasteiger partial charge in [-0.05, 0) is 48.6 Å². The van der Waals surface area contributed by atoms with Crippen molar-refractivity contribution in [3.05, 3.63) is 65.0 Å². The van der Waals surface area contributed by atoms with E-state index in [1.165, 1.54) is 27.0 Å². The van der Waals surface area contributed by atoms with Crippen molar-refractivity contribution in [3.8, 4) is 5.75 Å². The Morgan fingerprint density at radius 1 is 1.13 bits per heavy atom. The van der Waals surface area contributed by atoms with Crippen LogP contribution >= 0.6 is 0 Å². The summed E-state index contributed by atoms with van der Waals surface area (Å²) in [6.45, 7) is 5.14. The summed E-state index contributed by atoms with van der Waals surface area (Å²) in [5, 5.41) is 0. The number of ether oxygens (including phenoxy) is 1. The number of aryl methyl sites for hydroxylation is 1. The van der Waals surface area contributed by atoms with Crippen LogP contribution in [0.25, 0.3) is 0 Å². The molecule has 5 nitrogen and oxygen atoms in total. The van der Waals surface area contributed by atoms with Gasteiger partial charge in [-0.3, -0.25) is 4.79 Å². The van der Waals surface area contributed by atoms with E-state index in [1.54, 1.807) is 19.2 Å². The molecule has 1 atom stereocenters. The first-order chi connectivity index (χ1) is 15.0. The number of nitrogens with one attached hydrogen (secondary N) is 2. The molecular weight excluding hydrogens is 393 g/mol. The van der Waals surface area contributed by atoms with Gasteiger partial charge in [0.25, 0.3) is 5.91 Å². The molecule has 0 saturated carbocycles. The Hall–Kier alpha value is -2.44. The molecule has 2 aliphatic rings. The van der Waals surface area contributed by atoms with Crippen molar-refractivity contribution in [2.75, 3.05) is 46.9 Å². The van der Waals surface area contributed by atoms with Gasteiger partial charge in [-0.25, -0.2) is 4.39 Å². The van der Waals surface area contributed by atoms with E-state index in [0.29, 0.717) is 6.54 Å². The Kier molecular flexibility index (Phi) is 6.88. The average molecular weight is 428 g/mol. The SMILES string of the molecule is COc1ccc(F)cc1C[NH+]1CC[NH+](CC(=O)N(C)[C@H]2CCCc3ccccc32)CC1. The third-order valence-corrected chi connectivity index (χ3v) is 6.95. The maximum atomic E-state index is 13.7. The number of fused-ring (bicyclic) bond motifs is 1. The van der Waals surface area contributed by atoms with Gasteiger partial charge in [0.15, 0.2) is 6.54 Å². The lowest BCUT2D eigenvalue weighted by Gasteiger charge is -2.35. The zero-order valence-electron chi connectivity index (χ0n) is 18.6. The molecule has 6 heteroatoms. The highest BCUT2D eigenvalue weighted by atomic mass is 19.1. The number of likely N-dealkylation sites (N-methyl/N-ethyl adjacent to an activating group) is 1. The first-order valence-electron chi connectivity index (χ1n) is 11.4. The topological polar surface area (TPSA) is 38.4 Å². The second-order valence-corrected chi connectivity index (χ2v) is 8.92. The number of nitrogens with zero attached hydrogens (tertiary/aromatic N) is 1. The van der Waals surface area contributed by atoms with Gasteiger partial charge in [-0.1, -0.05) is 24.3 Å². The van der Waals surface area contributed by atoms with Crippen LogP contribution in [0, 0.1) is 5.82 Å². The first-order valence-corrected chi connectivity index (χ1v) is 11.4. The molecule has 2 aromatic carbocycles. The Labute approximate surface area is 184 Å². The molecule has 0 spiro atoms. The largest absolute Gasteiger partial charge is 0.496 e. The van der Waals surface area contributed by atoms with Gasteiger partial charge in [0.05, 0.1) is 18.7 Å². The van der Waals surface area contributed by atoms with Crippen molar-refractivity contribution in [1.29, 1.82) is 0 Å². The van der Waals surface area contributed by atoms with Crippen LogP contribution in [0.4, 0.5) is 4.39 Å². The van der Waals surface area contributed by atoms with Crippen molar-refractivity contribution >= 4 is 5.91 Å². The van der Waals surface area contributed by atoms with E-state index in [4.69, 9.17) is 4.74 Å². The molecule has 31 heavy (non-hydrogen) atoms. The molecule has 0 radical (unpaired) electrons. The van der Waals surface area contributed by atoms with E-state index < -0.39 is 0 Å². The molecule has 166 valence electrons. The highest BCUT2D eigenvalue weighted by molar-refractivity contribution is 5.77. The van der Waals surface area contributed by atoms with E-state index >= 15 is 0 Å². The van der Waals surface area contributed by atoms with Crippen molar-refractivity contribution in [2.24, 2.45) is 0 Å². The van der Waals surface area contributed by atoms with Crippen molar-refractivity contribution in [2.45, 2.75) is 31.8 Å². The van der Waals surface area contributed by atoms with Gasteiger partial charge in [0.2, 0.25) is 0 Å². The van der Waals surface area contributed by atoms with E-state index in [1.807, 2.05) is 11.9 Å². The number of benzene rings is 2. The van der Waals surface area contributed by atoms with Gasteiger partial charge in [0.1, 0.15) is 44.3 Å². The summed E-state index contributed by atoms with van der Waals surface area (Å²) in [6, 6.07) is 13.5. The fraction of sp³-hybridized carbons (Fsp3) is 0.480. The number of piperazine rings is 1. The fourth-order valence-corrected chi connectivity index (χ4v) is 5.11.